The summed E-state index contributed by atoms with van der Waals surface area (Å²) in [5.74, 6) is -0.193. The lowest BCUT2D eigenvalue weighted by Crippen LogP contribution is -2.10. The Morgan fingerprint density at radius 2 is 2.18 bits per heavy atom. The normalized spacial score (nSPS) is 12.9. The monoisotopic (exact) mass is 221 g/mol. The first kappa shape index (κ1) is 11.0. The van der Waals surface area contributed by atoms with Gasteiger partial charge >= 0.3 is 0 Å². The van der Waals surface area contributed by atoms with E-state index in [2.05, 4.69) is 22.9 Å². The molecule has 3 heteroatoms. The molecule has 0 aliphatic carbocycles. The third kappa shape index (κ3) is 7.85. The van der Waals surface area contributed by atoms with Gasteiger partial charge in [-0.25, -0.2) is 0 Å². The lowest BCUT2D eigenvalue weighted by molar-refractivity contribution is -0.118. The highest BCUT2D eigenvalue weighted by molar-refractivity contribution is 9.09. The number of carbonyl (C=O) groups is 1. The summed E-state index contributed by atoms with van der Waals surface area (Å²) in [6, 6.07) is 0. The fraction of sp³-hybridized carbons (Fsp3) is 0.875. The Labute approximate surface area is 76.7 Å². The maximum atomic E-state index is 10.3. The molecular formula is C8H16BrNO. The molecule has 0 fully saturated rings. The van der Waals surface area contributed by atoms with E-state index in [0.717, 1.165) is 12.8 Å². The Kier molecular flexibility index (Phi) is 6.62. The molecule has 0 saturated carbocycles. The van der Waals surface area contributed by atoms with E-state index in [0.29, 0.717) is 11.2 Å². The largest absolute Gasteiger partial charge is 0.370 e. The average Bonchev–Trinajstić information content (AvgIpc) is 1.87. The maximum absolute atomic E-state index is 10.3. The van der Waals surface area contributed by atoms with E-state index in [4.69, 9.17) is 5.73 Å². The van der Waals surface area contributed by atoms with E-state index < -0.39 is 0 Å². The first-order valence-corrected chi connectivity index (χ1v) is 5.00. The Bertz CT molecular complexity index is 117. The van der Waals surface area contributed by atoms with Crippen LogP contribution in [0.15, 0.2) is 0 Å². The standard InChI is InChI=1S/C8H16BrNO/c1-2-4-7(9)5-3-6-8(10)11/h7H,2-6H2,1H3,(H2,10,11). The van der Waals surface area contributed by atoms with Crippen molar-refractivity contribution in [2.45, 2.75) is 43.9 Å². The summed E-state index contributed by atoms with van der Waals surface area (Å²) in [5.41, 5.74) is 5.00. The van der Waals surface area contributed by atoms with Crippen LogP contribution in [0.5, 0.6) is 0 Å². The predicted molar refractivity (Wildman–Crippen MR) is 50.7 cm³/mol. The zero-order valence-corrected chi connectivity index (χ0v) is 8.56. The van der Waals surface area contributed by atoms with Gasteiger partial charge in [0.05, 0.1) is 0 Å². The summed E-state index contributed by atoms with van der Waals surface area (Å²) < 4.78 is 0. The highest BCUT2D eigenvalue weighted by Gasteiger charge is 2.02. The number of primary amides is 1. The third-order valence-corrected chi connectivity index (χ3v) is 2.46. The number of amides is 1. The fourth-order valence-corrected chi connectivity index (χ4v) is 1.74. The molecular weight excluding hydrogens is 206 g/mol. The quantitative estimate of drug-likeness (QED) is 0.688. The van der Waals surface area contributed by atoms with Crippen LogP contribution in [-0.4, -0.2) is 10.7 Å². The Balaban J connectivity index is 3.16. The first-order chi connectivity index (χ1) is 5.16. The van der Waals surface area contributed by atoms with Gasteiger partial charge < -0.3 is 5.73 Å². The molecule has 0 aliphatic heterocycles. The summed E-state index contributed by atoms with van der Waals surface area (Å²) >= 11 is 3.54. The van der Waals surface area contributed by atoms with E-state index in [1.165, 1.54) is 12.8 Å². The minimum absolute atomic E-state index is 0.193. The van der Waals surface area contributed by atoms with E-state index >= 15 is 0 Å². The number of carbonyl (C=O) groups excluding carboxylic acids is 1. The SMILES string of the molecule is CCCC(Br)CCCC(N)=O. The molecule has 2 N–H and O–H groups in total. The van der Waals surface area contributed by atoms with Crippen LogP contribution in [0.2, 0.25) is 0 Å². The highest BCUT2D eigenvalue weighted by Crippen LogP contribution is 2.14. The average molecular weight is 222 g/mol. The predicted octanol–water partition coefficient (Wildman–Crippen LogP) is 2.21. The van der Waals surface area contributed by atoms with Crippen LogP contribution in [0, 0.1) is 0 Å². The number of hydrogen-bond acceptors (Lipinski definition) is 1. The van der Waals surface area contributed by atoms with E-state index in [9.17, 15) is 4.79 Å². The molecule has 0 saturated heterocycles. The molecule has 2 nitrogen and oxygen atoms in total. The second-order valence-electron chi connectivity index (χ2n) is 2.74. The lowest BCUT2D eigenvalue weighted by atomic mass is 10.1. The summed E-state index contributed by atoms with van der Waals surface area (Å²) in [4.78, 5) is 10.9. The highest BCUT2D eigenvalue weighted by atomic mass is 79.9. The fourth-order valence-electron chi connectivity index (χ4n) is 0.955. The molecule has 1 unspecified atom stereocenters. The molecule has 0 aromatic carbocycles. The van der Waals surface area contributed by atoms with Crippen molar-refractivity contribution in [2.24, 2.45) is 5.73 Å². The number of nitrogens with two attached hydrogens (primary N) is 1. The summed E-state index contributed by atoms with van der Waals surface area (Å²) in [5, 5.41) is 0. The Morgan fingerprint density at radius 3 is 2.64 bits per heavy atom. The van der Waals surface area contributed by atoms with Crippen molar-refractivity contribution in [1.29, 1.82) is 0 Å². The van der Waals surface area contributed by atoms with Gasteiger partial charge in [0.1, 0.15) is 0 Å². The van der Waals surface area contributed by atoms with Gasteiger partial charge in [-0.1, -0.05) is 29.3 Å². The van der Waals surface area contributed by atoms with Crippen molar-refractivity contribution >= 4 is 21.8 Å². The molecule has 0 aliphatic rings. The van der Waals surface area contributed by atoms with Gasteiger partial charge in [-0.2, -0.15) is 0 Å². The number of hydrogen-bond donors (Lipinski definition) is 1. The van der Waals surface area contributed by atoms with Crippen molar-refractivity contribution in [3.63, 3.8) is 0 Å². The van der Waals surface area contributed by atoms with Crippen LogP contribution in [-0.2, 0) is 4.79 Å². The molecule has 0 heterocycles. The van der Waals surface area contributed by atoms with E-state index in [-0.39, 0.29) is 5.91 Å². The van der Waals surface area contributed by atoms with Crippen LogP contribution >= 0.6 is 15.9 Å². The molecule has 0 aromatic rings. The minimum atomic E-state index is -0.193. The lowest BCUT2D eigenvalue weighted by Gasteiger charge is -2.05. The van der Waals surface area contributed by atoms with E-state index in [1.54, 1.807) is 0 Å². The van der Waals surface area contributed by atoms with Crippen molar-refractivity contribution in [1.82, 2.24) is 0 Å². The first-order valence-electron chi connectivity index (χ1n) is 4.09. The Morgan fingerprint density at radius 1 is 1.55 bits per heavy atom. The smallest absolute Gasteiger partial charge is 0.217 e. The second kappa shape index (κ2) is 6.65. The number of halogens is 1. The zero-order valence-electron chi connectivity index (χ0n) is 6.98. The summed E-state index contributed by atoms with van der Waals surface area (Å²) in [7, 11) is 0. The number of alkyl halides is 1. The van der Waals surface area contributed by atoms with Gasteiger partial charge in [0, 0.05) is 11.2 Å². The van der Waals surface area contributed by atoms with Gasteiger partial charge in [0.2, 0.25) is 5.91 Å². The van der Waals surface area contributed by atoms with E-state index in [1.807, 2.05) is 0 Å². The van der Waals surface area contributed by atoms with Gasteiger partial charge in [-0.05, 0) is 19.3 Å². The maximum Gasteiger partial charge on any atom is 0.217 e. The molecule has 1 amide bonds. The van der Waals surface area contributed by atoms with Crippen LogP contribution in [0.1, 0.15) is 39.0 Å². The molecule has 1 atom stereocenters. The van der Waals surface area contributed by atoms with Crippen molar-refractivity contribution in [3.05, 3.63) is 0 Å². The van der Waals surface area contributed by atoms with Crippen molar-refractivity contribution in [2.75, 3.05) is 0 Å². The van der Waals surface area contributed by atoms with Crippen molar-refractivity contribution in [3.8, 4) is 0 Å². The van der Waals surface area contributed by atoms with Crippen LogP contribution in [0.25, 0.3) is 0 Å². The minimum Gasteiger partial charge on any atom is -0.370 e. The topological polar surface area (TPSA) is 43.1 Å². The van der Waals surface area contributed by atoms with Crippen molar-refractivity contribution < 1.29 is 4.79 Å². The van der Waals surface area contributed by atoms with Gasteiger partial charge in [-0.15, -0.1) is 0 Å². The van der Waals surface area contributed by atoms with Crippen LogP contribution in [0.3, 0.4) is 0 Å². The molecule has 66 valence electrons. The third-order valence-electron chi connectivity index (χ3n) is 1.54. The molecule has 0 bridgehead atoms. The molecule has 11 heavy (non-hydrogen) atoms. The summed E-state index contributed by atoms with van der Waals surface area (Å²) in [6.07, 6.45) is 4.85. The van der Waals surface area contributed by atoms with Gasteiger partial charge in [0.15, 0.2) is 0 Å². The summed E-state index contributed by atoms with van der Waals surface area (Å²) in [6.45, 7) is 2.16. The molecule has 0 rings (SSSR count). The Hall–Kier alpha value is -0.0500. The van der Waals surface area contributed by atoms with Gasteiger partial charge in [-0.3, -0.25) is 4.79 Å². The second-order valence-corrected chi connectivity index (χ2v) is 4.04. The number of rotatable bonds is 6. The molecule has 0 spiro atoms. The van der Waals surface area contributed by atoms with Crippen LogP contribution < -0.4 is 5.73 Å². The van der Waals surface area contributed by atoms with Gasteiger partial charge in [0.25, 0.3) is 0 Å². The molecule has 0 radical (unpaired) electrons. The zero-order chi connectivity index (χ0) is 8.69. The molecule has 0 aromatic heterocycles. The van der Waals surface area contributed by atoms with Crippen LogP contribution in [0.4, 0.5) is 0 Å².